The molecule has 186 valence electrons. The molecular formula is C31H30N4O2. The van der Waals surface area contributed by atoms with Crippen molar-refractivity contribution in [3.05, 3.63) is 102 Å². The lowest BCUT2D eigenvalue weighted by molar-refractivity contribution is -0.114. The van der Waals surface area contributed by atoms with E-state index in [1.54, 1.807) is 0 Å². The third-order valence-electron chi connectivity index (χ3n) is 6.35. The van der Waals surface area contributed by atoms with E-state index in [-0.39, 0.29) is 5.91 Å². The maximum Gasteiger partial charge on any atom is 0.280 e. The molecule has 1 aliphatic rings. The number of carbonyl (C=O) groups excluding carboxylic acids is 1. The van der Waals surface area contributed by atoms with E-state index in [4.69, 9.17) is 9.84 Å². The number of para-hydroxylation sites is 2. The van der Waals surface area contributed by atoms with Gasteiger partial charge in [0.05, 0.1) is 29.3 Å². The van der Waals surface area contributed by atoms with Crippen LogP contribution in [0.5, 0.6) is 5.75 Å². The number of aromatic nitrogens is 2. The minimum absolute atomic E-state index is 0.154. The van der Waals surface area contributed by atoms with Gasteiger partial charge in [0.15, 0.2) is 0 Å². The smallest absolute Gasteiger partial charge is 0.280 e. The first-order valence-electron chi connectivity index (χ1n) is 12.6. The van der Waals surface area contributed by atoms with Gasteiger partial charge in [-0.05, 0) is 74.4 Å². The standard InChI is InChI=1S/C31H30N4O2/c1-4-5-18-37-27-16-17-28(22(2)19-27)30-24(21-34(33-30)25-12-8-6-9-13-25)20-29-23(3)32-35(31(29)36)26-14-10-7-11-15-26/h6-17,19-21H,4-5,18H2,1-3H3/b29-20+. The summed E-state index contributed by atoms with van der Waals surface area (Å²) in [6, 6.07) is 25.5. The first-order valence-corrected chi connectivity index (χ1v) is 12.6. The van der Waals surface area contributed by atoms with E-state index in [1.165, 1.54) is 5.01 Å². The average Bonchev–Trinajstić information content (AvgIpc) is 3.46. The molecule has 0 spiro atoms. The Bertz CT molecular complexity index is 1470. The Hall–Kier alpha value is -4.45. The molecular weight excluding hydrogens is 460 g/mol. The number of hydrogen-bond acceptors (Lipinski definition) is 4. The molecule has 6 nitrogen and oxygen atoms in total. The lowest BCUT2D eigenvalue weighted by Crippen LogP contribution is -2.21. The molecule has 0 saturated heterocycles. The van der Waals surface area contributed by atoms with Crippen LogP contribution in [0.3, 0.4) is 0 Å². The van der Waals surface area contributed by atoms with Crippen LogP contribution in [0, 0.1) is 6.92 Å². The van der Waals surface area contributed by atoms with Gasteiger partial charge in [-0.2, -0.15) is 15.2 Å². The van der Waals surface area contributed by atoms with E-state index >= 15 is 0 Å². The number of benzene rings is 3. The van der Waals surface area contributed by atoms with Crippen LogP contribution in [0.25, 0.3) is 23.0 Å². The van der Waals surface area contributed by atoms with Crippen LogP contribution in [-0.2, 0) is 4.79 Å². The van der Waals surface area contributed by atoms with Gasteiger partial charge in [-0.25, -0.2) is 4.68 Å². The lowest BCUT2D eigenvalue weighted by atomic mass is 10.0. The van der Waals surface area contributed by atoms with Crippen molar-refractivity contribution in [3.8, 4) is 22.7 Å². The van der Waals surface area contributed by atoms with Gasteiger partial charge in [-0.3, -0.25) is 4.79 Å². The lowest BCUT2D eigenvalue weighted by Gasteiger charge is -2.11. The Kier molecular flexibility index (Phi) is 6.99. The number of ether oxygens (including phenoxy) is 1. The van der Waals surface area contributed by atoms with Crippen LogP contribution >= 0.6 is 0 Å². The quantitative estimate of drug-likeness (QED) is 0.201. The normalized spacial score (nSPS) is 14.4. The summed E-state index contributed by atoms with van der Waals surface area (Å²) < 4.78 is 7.76. The van der Waals surface area contributed by atoms with Gasteiger partial charge in [0.1, 0.15) is 11.4 Å². The fraction of sp³-hybridized carbons (Fsp3) is 0.194. The maximum absolute atomic E-state index is 13.4. The van der Waals surface area contributed by atoms with Crippen LogP contribution in [0.15, 0.2) is 95.7 Å². The van der Waals surface area contributed by atoms with Gasteiger partial charge in [0, 0.05) is 17.3 Å². The first kappa shape index (κ1) is 24.3. The number of hydrogen-bond donors (Lipinski definition) is 0. The second kappa shape index (κ2) is 10.7. The Labute approximate surface area is 217 Å². The molecule has 6 heteroatoms. The highest BCUT2D eigenvalue weighted by Crippen LogP contribution is 2.32. The van der Waals surface area contributed by atoms with E-state index in [1.807, 2.05) is 103 Å². The van der Waals surface area contributed by atoms with Crippen LogP contribution in [-0.4, -0.2) is 28.0 Å². The number of rotatable bonds is 8. The van der Waals surface area contributed by atoms with Crippen molar-refractivity contribution in [1.82, 2.24) is 9.78 Å². The first-order chi connectivity index (χ1) is 18.0. The largest absolute Gasteiger partial charge is 0.494 e. The third-order valence-corrected chi connectivity index (χ3v) is 6.35. The molecule has 0 fully saturated rings. The summed E-state index contributed by atoms with van der Waals surface area (Å²) in [4.78, 5) is 13.4. The topological polar surface area (TPSA) is 59.7 Å². The van der Waals surface area contributed by atoms with Gasteiger partial charge in [0.2, 0.25) is 0 Å². The highest BCUT2D eigenvalue weighted by molar-refractivity contribution is 6.32. The molecule has 1 aliphatic heterocycles. The molecule has 0 N–H and O–H groups in total. The van der Waals surface area contributed by atoms with Crippen molar-refractivity contribution in [1.29, 1.82) is 0 Å². The molecule has 0 unspecified atom stereocenters. The van der Waals surface area contributed by atoms with E-state index in [9.17, 15) is 4.79 Å². The minimum Gasteiger partial charge on any atom is -0.494 e. The second-order valence-corrected chi connectivity index (χ2v) is 9.09. The number of carbonyl (C=O) groups is 1. The SMILES string of the molecule is CCCCOc1ccc(-c2nn(-c3ccccc3)cc2/C=C2/C(=O)N(c3ccccc3)N=C2C)c(C)c1. The van der Waals surface area contributed by atoms with E-state index < -0.39 is 0 Å². The van der Waals surface area contributed by atoms with Crippen molar-refractivity contribution in [2.75, 3.05) is 11.6 Å². The van der Waals surface area contributed by atoms with Gasteiger partial charge >= 0.3 is 0 Å². The van der Waals surface area contributed by atoms with Crippen LogP contribution in [0.4, 0.5) is 5.69 Å². The number of aryl methyl sites for hydroxylation is 1. The van der Waals surface area contributed by atoms with Crippen molar-refractivity contribution in [2.45, 2.75) is 33.6 Å². The molecule has 1 amide bonds. The number of anilines is 1. The van der Waals surface area contributed by atoms with Gasteiger partial charge in [0.25, 0.3) is 5.91 Å². The molecule has 0 saturated carbocycles. The van der Waals surface area contributed by atoms with Gasteiger partial charge < -0.3 is 4.74 Å². The van der Waals surface area contributed by atoms with Crippen molar-refractivity contribution in [3.63, 3.8) is 0 Å². The fourth-order valence-corrected chi connectivity index (χ4v) is 4.33. The third kappa shape index (κ3) is 5.09. The molecule has 2 heterocycles. The molecule has 0 atom stereocenters. The molecule has 0 radical (unpaired) electrons. The summed E-state index contributed by atoms with van der Waals surface area (Å²) >= 11 is 0. The van der Waals surface area contributed by atoms with Crippen LogP contribution < -0.4 is 9.75 Å². The summed E-state index contributed by atoms with van der Waals surface area (Å²) in [5.41, 5.74) is 6.60. The molecule has 0 aliphatic carbocycles. The van der Waals surface area contributed by atoms with E-state index in [2.05, 4.69) is 18.9 Å². The summed E-state index contributed by atoms with van der Waals surface area (Å²) in [6.45, 7) is 6.78. The molecule has 1 aromatic heterocycles. The Morgan fingerprint density at radius 3 is 2.30 bits per heavy atom. The summed E-state index contributed by atoms with van der Waals surface area (Å²) in [7, 11) is 0. The summed E-state index contributed by atoms with van der Waals surface area (Å²) in [6.07, 6.45) is 5.98. The van der Waals surface area contributed by atoms with E-state index in [0.717, 1.165) is 52.4 Å². The Morgan fingerprint density at radius 1 is 0.919 bits per heavy atom. The van der Waals surface area contributed by atoms with Gasteiger partial charge in [-0.15, -0.1) is 0 Å². The zero-order valence-electron chi connectivity index (χ0n) is 21.4. The summed E-state index contributed by atoms with van der Waals surface area (Å²) in [5, 5.41) is 10.9. The average molecular weight is 491 g/mol. The highest BCUT2D eigenvalue weighted by Gasteiger charge is 2.29. The number of hydrazone groups is 1. The van der Waals surface area contributed by atoms with Gasteiger partial charge in [-0.1, -0.05) is 49.7 Å². The number of nitrogens with zero attached hydrogens (tertiary/aromatic N) is 4. The molecule has 3 aromatic carbocycles. The number of amides is 1. The fourth-order valence-electron chi connectivity index (χ4n) is 4.33. The van der Waals surface area contributed by atoms with Crippen molar-refractivity contribution in [2.24, 2.45) is 5.10 Å². The predicted molar refractivity (Wildman–Crippen MR) is 149 cm³/mol. The predicted octanol–water partition coefficient (Wildman–Crippen LogP) is 6.83. The zero-order valence-corrected chi connectivity index (χ0v) is 21.4. The van der Waals surface area contributed by atoms with Crippen LogP contribution in [0.1, 0.15) is 37.8 Å². The molecule has 37 heavy (non-hydrogen) atoms. The van der Waals surface area contributed by atoms with Crippen molar-refractivity contribution < 1.29 is 9.53 Å². The second-order valence-electron chi connectivity index (χ2n) is 9.09. The van der Waals surface area contributed by atoms with Crippen LogP contribution in [0.2, 0.25) is 0 Å². The molecule has 4 aromatic rings. The monoisotopic (exact) mass is 490 g/mol. The molecule has 5 rings (SSSR count). The molecule has 0 bridgehead atoms. The zero-order chi connectivity index (χ0) is 25.8. The maximum atomic E-state index is 13.4. The summed E-state index contributed by atoms with van der Waals surface area (Å²) in [5.74, 6) is 0.697. The van der Waals surface area contributed by atoms with E-state index in [0.29, 0.717) is 17.9 Å². The highest BCUT2D eigenvalue weighted by atomic mass is 16.5. The number of unbranched alkanes of at least 4 members (excludes halogenated alkanes) is 1. The Morgan fingerprint density at radius 2 is 1.62 bits per heavy atom. The Balaban J connectivity index is 1.56. The minimum atomic E-state index is -0.154. The van der Waals surface area contributed by atoms with Crippen molar-refractivity contribution >= 4 is 23.4 Å².